The van der Waals surface area contributed by atoms with Crippen molar-refractivity contribution in [3.63, 3.8) is 0 Å². The molecule has 1 aromatic heterocycles. The van der Waals surface area contributed by atoms with Crippen molar-refractivity contribution in [1.82, 2.24) is 4.98 Å². The quantitative estimate of drug-likeness (QED) is 0.160. The standard InChI is InChI=1S/C26H26F4N2O4S/c1-3-16(11-12-32-34)13-19(17-9-10-20(35-24(27)28)21(14-17)36-25(29)30)22-15-31-23(37-22)26(2,33)18-7-5-4-6-8-18/h3-12,14-15,19,24-25,32-34H,13H2,1-2H3/p+1/b12-11-,16-3+. The van der Waals surface area contributed by atoms with Crippen molar-refractivity contribution >= 4 is 11.3 Å². The molecule has 0 aliphatic rings. The van der Waals surface area contributed by atoms with Crippen molar-refractivity contribution in [3.05, 3.63) is 99.7 Å². The maximum atomic E-state index is 13.0. The first-order valence-electron chi connectivity index (χ1n) is 11.2. The highest BCUT2D eigenvalue weighted by Gasteiger charge is 2.31. The van der Waals surface area contributed by atoms with Gasteiger partial charge in [-0.25, -0.2) is 10.2 Å². The van der Waals surface area contributed by atoms with Gasteiger partial charge in [0.15, 0.2) is 11.5 Å². The molecule has 1 heterocycles. The van der Waals surface area contributed by atoms with Crippen molar-refractivity contribution in [2.75, 3.05) is 0 Å². The molecule has 2 atom stereocenters. The molecule has 11 heteroatoms. The minimum absolute atomic E-state index is 0.346. The number of halogens is 4. The molecule has 0 fully saturated rings. The monoisotopic (exact) mass is 539 g/mol. The summed E-state index contributed by atoms with van der Waals surface area (Å²) in [6.45, 7) is -3.04. The van der Waals surface area contributed by atoms with Crippen LogP contribution in [0.15, 0.2) is 78.7 Å². The molecular formula is C26H27F4N2O4S+. The third-order valence-corrected chi connectivity index (χ3v) is 6.95. The molecule has 2 aromatic carbocycles. The number of nitrogens with two attached hydrogens (primary N) is 1. The summed E-state index contributed by atoms with van der Waals surface area (Å²) in [6.07, 6.45) is 6.88. The van der Waals surface area contributed by atoms with Gasteiger partial charge in [-0.1, -0.05) is 42.5 Å². The molecule has 0 radical (unpaired) electrons. The van der Waals surface area contributed by atoms with Gasteiger partial charge in [0.1, 0.15) is 16.8 Å². The zero-order valence-corrected chi connectivity index (χ0v) is 20.8. The second kappa shape index (κ2) is 12.8. The number of rotatable bonds is 12. The summed E-state index contributed by atoms with van der Waals surface area (Å²) in [4.78, 5) is 5.14. The Balaban J connectivity index is 2.07. The molecule has 4 N–H and O–H groups in total. The van der Waals surface area contributed by atoms with Crippen molar-refractivity contribution in [2.45, 2.75) is 45.0 Å². The average Bonchev–Trinajstić information content (AvgIpc) is 3.36. The topological polar surface area (TPSA) is 88.4 Å². The fourth-order valence-corrected chi connectivity index (χ4v) is 4.86. The Bertz CT molecular complexity index is 1220. The number of thiazole rings is 1. The maximum Gasteiger partial charge on any atom is 0.387 e. The van der Waals surface area contributed by atoms with Crippen LogP contribution in [0.25, 0.3) is 0 Å². The first kappa shape index (κ1) is 28.3. The fourth-order valence-electron chi connectivity index (χ4n) is 3.75. The van der Waals surface area contributed by atoms with Gasteiger partial charge in [-0.15, -0.1) is 11.3 Å². The lowest BCUT2D eigenvalue weighted by molar-refractivity contribution is -0.838. The van der Waals surface area contributed by atoms with Crippen LogP contribution in [-0.4, -0.2) is 28.5 Å². The van der Waals surface area contributed by atoms with Gasteiger partial charge in [0.05, 0.1) is 0 Å². The molecule has 0 amide bonds. The lowest BCUT2D eigenvalue weighted by atomic mass is 9.90. The van der Waals surface area contributed by atoms with Crippen LogP contribution in [0.4, 0.5) is 17.6 Å². The van der Waals surface area contributed by atoms with Gasteiger partial charge in [0, 0.05) is 17.0 Å². The smallest absolute Gasteiger partial charge is 0.387 e. The van der Waals surface area contributed by atoms with E-state index in [2.05, 4.69) is 14.5 Å². The zero-order valence-electron chi connectivity index (χ0n) is 20.0. The van der Waals surface area contributed by atoms with Gasteiger partial charge in [-0.05, 0) is 55.2 Å². The second-order valence-corrected chi connectivity index (χ2v) is 9.16. The number of allylic oxidation sites excluding steroid dienone is 3. The van der Waals surface area contributed by atoms with Crippen LogP contribution in [0.1, 0.15) is 47.2 Å². The summed E-state index contributed by atoms with van der Waals surface area (Å²) < 4.78 is 60.6. The molecule has 0 bridgehead atoms. The molecule has 0 saturated carbocycles. The summed E-state index contributed by atoms with van der Waals surface area (Å²) >= 11 is 1.24. The van der Waals surface area contributed by atoms with Crippen molar-refractivity contribution in [1.29, 1.82) is 0 Å². The summed E-state index contributed by atoms with van der Waals surface area (Å²) in [5, 5.41) is 20.7. The first-order valence-corrected chi connectivity index (χ1v) is 12.0. The van der Waals surface area contributed by atoms with E-state index in [4.69, 9.17) is 5.21 Å². The molecule has 0 spiro atoms. The minimum atomic E-state index is -3.25. The number of alkyl halides is 4. The van der Waals surface area contributed by atoms with Crippen LogP contribution < -0.4 is 15.0 Å². The number of benzene rings is 2. The Kier molecular flexibility index (Phi) is 9.81. The fraction of sp³-hybridized carbons (Fsp3) is 0.269. The molecule has 0 saturated heterocycles. The molecule has 0 aliphatic carbocycles. The Hall–Kier alpha value is -3.25. The van der Waals surface area contributed by atoms with E-state index in [1.807, 2.05) is 12.1 Å². The SMILES string of the molecule is C/C=C(\C=C/[NH2+]O)CC(c1ccc(OC(F)F)c(OC(F)F)c1)c1cnc(C(C)(O)c2ccccc2)s1. The van der Waals surface area contributed by atoms with E-state index < -0.39 is 36.2 Å². The summed E-state index contributed by atoms with van der Waals surface area (Å²) in [6, 6.07) is 12.9. The van der Waals surface area contributed by atoms with Crippen LogP contribution in [0.3, 0.4) is 0 Å². The van der Waals surface area contributed by atoms with Crippen LogP contribution in [-0.2, 0) is 5.60 Å². The van der Waals surface area contributed by atoms with Crippen LogP contribution in [0.2, 0.25) is 0 Å². The number of aromatic nitrogens is 1. The van der Waals surface area contributed by atoms with Gasteiger partial charge < -0.3 is 14.6 Å². The van der Waals surface area contributed by atoms with Gasteiger partial charge in [0.25, 0.3) is 0 Å². The van der Waals surface area contributed by atoms with Crippen molar-refractivity contribution in [2.24, 2.45) is 0 Å². The number of hydrogen-bond acceptors (Lipinski definition) is 6. The number of aliphatic hydroxyl groups is 1. The largest absolute Gasteiger partial charge is 0.431 e. The molecule has 3 aromatic rings. The van der Waals surface area contributed by atoms with Crippen LogP contribution >= 0.6 is 11.3 Å². The number of quaternary nitrogens is 1. The molecule has 198 valence electrons. The van der Waals surface area contributed by atoms with E-state index in [1.54, 1.807) is 50.4 Å². The Labute approximate surface area is 215 Å². The molecule has 3 rings (SSSR count). The van der Waals surface area contributed by atoms with E-state index in [9.17, 15) is 22.7 Å². The number of ether oxygens (including phenoxy) is 2. The van der Waals surface area contributed by atoms with Crippen molar-refractivity contribution in [3.8, 4) is 11.5 Å². The van der Waals surface area contributed by atoms with E-state index in [-0.39, 0.29) is 0 Å². The summed E-state index contributed by atoms with van der Waals surface area (Å²) in [5.74, 6) is -1.52. The predicted molar refractivity (Wildman–Crippen MR) is 130 cm³/mol. The van der Waals surface area contributed by atoms with E-state index >= 15 is 0 Å². The summed E-state index contributed by atoms with van der Waals surface area (Å²) in [7, 11) is 0. The Morgan fingerprint density at radius 3 is 2.38 bits per heavy atom. The lowest BCUT2D eigenvalue weighted by Crippen LogP contribution is -2.73. The molecule has 0 aliphatic heterocycles. The first-order chi connectivity index (χ1) is 17.6. The van der Waals surface area contributed by atoms with E-state index in [0.29, 0.717) is 27.4 Å². The Morgan fingerprint density at radius 2 is 1.76 bits per heavy atom. The maximum absolute atomic E-state index is 13.0. The molecule has 2 unspecified atom stereocenters. The minimum Gasteiger partial charge on any atom is -0.431 e. The average molecular weight is 540 g/mol. The second-order valence-electron chi connectivity index (χ2n) is 8.10. The zero-order chi connectivity index (χ0) is 27.0. The van der Waals surface area contributed by atoms with Gasteiger partial charge in [-0.2, -0.15) is 23.0 Å². The molecular weight excluding hydrogens is 512 g/mol. The van der Waals surface area contributed by atoms with Crippen molar-refractivity contribution < 1.29 is 42.8 Å². The van der Waals surface area contributed by atoms with E-state index in [0.717, 1.165) is 17.1 Å². The highest BCUT2D eigenvalue weighted by molar-refractivity contribution is 7.11. The third kappa shape index (κ3) is 7.39. The third-order valence-electron chi connectivity index (χ3n) is 5.63. The highest BCUT2D eigenvalue weighted by Crippen LogP contribution is 2.42. The van der Waals surface area contributed by atoms with Crippen LogP contribution in [0.5, 0.6) is 11.5 Å². The molecule has 6 nitrogen and oxygen atoms in total. The van der Waals surface area contributed by atoms with E-state index in [1.165, 1.54) is 29.7 Å². The normalized spacial score (nSPS) is 14.8. The Morgan fingerprint density at radius 1 is 1.08 bits per heavy atom. The van der Waals surface area contributed by atoms with Gasteiger partial charge in [-0.3, -0.25) is 0 Å². The van der Waals surface area contributed by atoms with Crippen LogP contribution in [0, 0.1) is 0 Å². The number of nitrogens with zero attached hydrogens (tertiary/aromatic N) is 1. The molecule has 37 heavy (non-hydrogen) atoms. The highest BCUT2D eigenvalue weighted by atomic mass is 32.1. The van der Waals surface area contributed by atoms with Gasteiger partial charge >= 0.3 is 13.2 Å². The predicted octanol–water partition coefficient (Wildman–Crippen LogP) is 5.54. The number of hydroxylamine groups is 1. The lowest BCUT2D eigenvalue weighted by Gasteiger charge is -2.22. The summed E-state index contributed by atoms with van der Waals surface area (Å²) in [5.41, 5.74) is 1.41. The number of hydrogen-bond donors (Lipinski definition) is 3. The van der Waals surface area contributed by atoms with Gasteiger partial charge in [0.2, 0.25) is 0 Å².